The molecule has 0 saturated carbocycles. The van der Waals surface area contributed by atoms with Crippen molar-refractivity contribution in [1.29, 1.82) is 0 Å². The Balaban J connectivity index is 2.17. The maximum absolute atomic E-state index is 11.1. The largest absolute Gasteiger partial charge is 0.394 e. The number of nitrogens with zero attached hydrogens (tertiary/aromatic N) is 2. The highest BCUT2D eigenvalue weighted by molar-refractivity contribution is 5.92. The third-order valence-corrected chi connectivity index (χ3v) is 3.28. The zero-order valence-electron chi connectivity index (χ0n) is 10.1. The number of hydrogen-bond acceptors (Lipinski definition) is 4. The minimum absolute atomic E-state index is 0.0195. The molecule has 0 radical (unpaired) electrons. The summed E-state index contributed by atoms with van der Waals surface area (Å²) in [7, 11) is 0. The zero-order chi connectivity index (χ0) is 12.3. The number of rotatable bonds is 3. The number of carbonyl (C=O) groups is 1. The van der Waals surface area contributed by atoms with Gasteiger partial charge in [-0.2, -0.15) is 0 Å². The third kappa shape index (κ3) is 2.64. The minimum Gasteiger partial charge on any atom is -0.394 e. The molecule has 2 heterocycles. The van der Waals surface area contributed by atoms with Crippen LogP contribution in [0.2, 0.25) is 0 Å². The fraction of sp³-hybridized carbons (Fsp3) is 0.538. The topological polar surface area (TPSA) is 53.4 Å². The number of carbonyl (C=O) groups excluding carboxylic acids is 1. The summed E-state index contributed by atoms with van der Waals surface area (Å²) in [6.45, 7) is 2.64. The van der Waals surface area contributed by atoms with Crippen LogP contribution < -0.4 is 4.90 Å². The number of ketones is 1. The van der Waals surface area contributed by atoms with E-state index in [-0.39, 0.29) is 18.4 Å². The van der Waals surface area contributed by atoms with Gasteiger partial charge in [-0.15, -0.1) is 0 Å². The molecule has 4 heteroatoms. The van der Waals surface area contributed by atoms with E-state index in [1.165, 1.54) is 13.3 Å². The van der Waals surface area contributed by atoms with Crippen LogP contribution in [-0.2, 0) is 0 Å². The molecule has 1 aliphatic heterocycles. The Hall–Kier alpha value is -1.42. The Kier molecular flexibility index (Phi) is 3.74. The molecular weight excluding hydrogens is 216 g/mol. The van der Waals surface area contributed by atoms with Gasteiger partial charge in [0.2, 0.25) is 0 Å². The molecule has 1 N–H and O–H groups in total. The van der Waals surface area contributed by atoms with Crippen LogP contribution in [0.25, 0.3) is 0 Å². The quantitative estimate of drug-likeness (QED) is 0.808. The number of aliphatic hydroxyl groups excluding tert-OH is 1. The summed E-state index contributed by atoms with van der Waals surface area (Å²) in [5, 5.41) is 9.35. The molecule has 0 spiro atoms. The minimum atomic E-state index is -0.0195. The van der Waals surface area contributed by atoms with Gasteiger partial charge in [-0.25, -0.2) is 0 Å². The van der Waals surface area contributed by atoms with E-state index in [1.807, 2.05) is 6.07 Å². The maximum atomic E-state index is 11.1. The van der Waals surface area contributed by atoms with E-state index < -0.39 is 0 Å². The monoisotopic (exact) mass is 234 g/mol. The lowest BCUT2D eigenvalue weighted by Crippen LogP contribution is -2.41. The number of aromatic nitrogens is 1. The average Bonchev–Trinajstić information content (AvgIpc) is 2.39. The lowest BCUT2D eigenvalue weighted by atomic mass is 10.0. The lowest BCUT2D eigenvalue weighted by molar-refractivity contribution is 0.101. The molecule has 0 aliphatic carbocycles. The first kappa shape index (κ1) is 12.0. The molecule has 92 valence electrons. The van der Waals surface area contributed by atoms with Crippen molar-refractivity contribution in [2.75, 3.05) is 18.1 Å². The lowest BCUT2D eigenvalue weighted by Gasteiger charge is -2.36. The Morgan fingerprint density at radius 1 is 1.53 bits per heavy atom. The van der Waals surface area contributed by atoms with Crippen molar-refractivity contribution in [3.63, 3.8) is 0 Å². The standard InChI is InChI=1S/C13H18N2O2/c1-10(17)13-6-5-11(8-14-13)15-7-3-2-4-12(15)9-16/h5-6,8,12,16H,2-4,7,9H2,1H3. The highest BCUT2D eigenvalue weighted by Crippen LogP contribution is 2.23. The van der Waals surface area contributed by atoms with E-state index in [1.54, 1.807) is 12.3 Å². The number of hydrogen-bond donors (Lipinski definition) is 1. The van der Waals surface area contributed by atoms with Gasteiger partial charge in [0.1, 0.15) is 5.69 Å². The number of aliphatic hydroxyl groups is 1. The van der Waals surface area contributed by atoms with E-state index in [9.17, 15) is 9.90 Å². The van der Waals surface area contributed by atoms with Gasteiger partial charge in [0, 0.05) is 13.5 Å². The van der Waals surface area contributed by atoms with Gasteiger partial charge in [0.25, 0.3) is 0 Å². The predicted octanol–water partition coefficient (Wildman–Crippen LogP) is 1.64. The molecule has 1 aromatic heterocycles. The van der Waals surface area contributed by atoms with E-state index in [0.29, 0.717) is 5.69 Å². The number of anilines is 1. The number of pyridine rings is 1. The van der Waals surface area contributed by atoms with Crippen molar-refractivity contribution in [2.24, 2.45) is 0 Å². The van der Waals surface area contributed by atoms with Crippen LogP contribution in [0.3, 0.4) is 0 Å². The van der Waals surface area contributed by atoms with E-state index >= 15 is 0 Å². The molecule has 1 aliphatic rings. The highest BCUT2D eigenvalue weighted by Gasteiger charge is 2.22. The Morgan fingerprint density at radius 2 is 2.35 bits per heavy atom. The fourth-order valence-corrected chi connectivity index (χ4v) is 2.29. The summed E-state index contributed by atoms with van der Waals surface area (Å²) in [4.78, 5) is 17.5. The molecule has 0 amide bonds. The van der Waals surface area contributed by atoms with Crippen LogP contribution in [0, 0.1) is 0 Å². The van der Waals surface area contributed by atoms with Gasteiger partial charge in [-0.3, -0.25) is 9.78 Å². The molecule has 1 saturated heterocycles. The molecule has 1 aromatic rings. The normalized spacial score (nSPS) is 20.4. The van der Waals surface area contributed by atoms with Crippen molar-refractivity contribution in [3.8, 4) is 0 Å². The molecule has 17 heavy (non-hydrogen) atoms. The smallest absolute Gasteiger partial charge is 0.178 e. The molecule has 1 fully saturated rings. The van der Waals surface area contributed by atoms with E-state index in [0.717, 1.165) is 25.1 Å². The van der Waals surface area contributed by atoms with Crippen molar-refractivity contribution in [3.05, 3.63) is 24.0 Å². The van der Waals surface area contributed by atoms with Gasteiger partial charge in [-0.05, 0) is 31.4 Å². The SMILES string of the molecule is CC(=O)c1ccc(N2CCCCC2CO)cn1. The summed E-state index contributed by atoms with van der Waals surface area (Å²) < 4.78 is 0. The number of piperidine rings is 1. The van der Waals surface area contributed by atoms with Gasteiger partial charge >= 0.3 is 0 Å². The molecule has 1 unspecified atom stereocenters. The van der Waals surface area contributed by atoms with E-state index in [4.69, 9.17) is 0 Å². The summed E-state index contributed by atoms with van der Waals surface area (Å²) in [5.41, 5.74) is 1.49. The molecule has 0 aromatic carbocycles. The van der Waals surface area contributed by atoms with Gasteiger partial charge < -0.3 is 10.0 Å². The maximum Gasteiger partial charge on any atom is 0.178 e. The second-order valence-corrected chi connectivity index (χ2v) is 4.48. The second kappa shape index (κ2) is 5.27. The van der Waals surface area contributed by atoms with Crippen molar-refractivity contribution in [1.82, 2.24) is 4.98 Å². The van der Waals surface area contributed by atoms with Crippen LogP contribution >= 0.6 is 0 Å². The third-order valence-electron chi connectivity index (χ3n) is 3.28. The summed E-state index contributed by atoms with van der Waals surface area (Å²) in [5.74, 6) is -0.0195. The fourth-order valence-electron chi connectivity index (χ4n) is 2.29. The molecule has 0 bridgehead atoms. The first-order chi connectivity index (χ1) is 8.22. The van der Waals surface area contributed by atoms with Gasteiger partial charge in [-0.1, -0.05) is 0 Å². The molecule has 2 rings (SSSR count). The zero-order valence-corrected chi connectivity index (χ0v) is 10.1. The molecule has 4 nitrogen and oxygen atoms in total. The Labute approximate surface area is 101 Å². The van der Waals surface area contributed by atoms with Crippen LogP contribution in [0.1, 0.15) is 36.7 Å². The van der Waals surface area contributed by atoms with Crippen molar-refractivity contribution >= 4 is 11.5 Å². The van der Waals surface area contributed by atoms with Crippen molar-refractivity contribution < 1.29 is 9.90 Å². The summed E-state index contributed by atoms with van der Waals surface area (Å²) in [6.07, 6.45) is 5.06. The van der Waals surface area contributed by atoms with Crippen LogP contribution in [0.4, 0.5) is 5.69 Å². The second-order valence-electron chi connectivity index (χ2n) is 4.48. The predicted molar refractivity (Wildman–Crippen MR) is 66.3 cm³/mol. The molecule has 1 atom stereocenters. The van der Waals surface area contributed by atoms with Crippen LogP contribution in [0.15, 0.2) is 18.3 Å². The van der Waals surface area contributed by atoms with Gasteiger partial charge in [0.05, 0.1) is 24.5 Å². The Morgan fingerprint density at radius 3 is 2.94 bits per heavy atom. The molecular formula is C13H18N2O2. The van der Waals surface area contributed by atoms with Crippen LogP contribution in [0.5, 0.6) is 0 Å². The van der Waals surface area contributed by atoms with E-state index in [2.05, 4.69) is 9.88 Å². The van der Waals surface area contributed by atoms with Gasteiger partial charge in [0.15, 0.2) is 5.78 Å². The first-order valence-corrected chi connectivity index (χ1v) is 6.07. The summed E-state index contributed by atoms with van der Waals surface area (Å²) >= 11 is 0. The highest BCUT2D eigenvalue weighted by atomic mass is 16.3. The first-order valence-electron chi connectivity index (χ1n) is 6.07. The Bertz CT molecular complexity index is 389. The van der Waals surface area contributed by atoms with Crippen LogP contribution in [-0.4, -0.2) is 35.1 Å². The van der Waals surface area contributed by atoms with Crippen molar-refractivity contribution in [2.45, 2.75) is 32.2 Å². The summed E-state index contributed by atoms with van der Waals surface area (Å²) in [6, 6.07) is 3.85. The average molecular weight is 234 g/mol. The number of Topliss-reactive ketones (excluding diaryl/α,β-unsaturated/α-hetero) is 1.